The lowest BCUT2D eigenvalue weighted by molar-refractivity contribution is -0.384. The lowest BCUT2D eigenvalue weighted by atomic mass is 10.1. The first-order valence-corrected chi connectivity index (χ1v) is 9.06. The zero-order valence-corrected chi connectivity index (χ0v) is 16.0. The van der Waals surface area contributed by atoms with Crippen molar-refractivity contribution in [3.05, 3.63) is 82.4 Å². The Morgan fingerprint density at radius 2 is 1.73 bits per heavy atom. The number of nitro benzene ring substituents is 1. The minimum atomic E-state index is -0.474. The Morgan fingerprint density at radius 1 is 1.03 bits per heavy atom. The molecule has 9 nitrogen and oxygen atoms in total. The summed E-state index contributed by atoms with van der Waals surface area (Å²) in [4.78, 5) is 24.1. The van der Waals surface area contributed by atoms with Gasteiger partial charge >= 0.3 is 0 Å². The van der Waals surface area contributed by atoms with Crippen LogP contribution in [0.5, 0.6) is 5.75 Å². The number of rotatable bonds is 6. The fourth-order valence-corrected chi connectivity index (χ4v) is 2.95. The molecule has 0 radical (unpaired) electrons. The van der Waals surface area contributed by atoms with Crippen molar-refractivity contribution in [2.45, 2.75) is 6.42 Å². The largest absolute Gasteiger partial charge is 0.497 e. The minimum Gasteiger partial charge on any atom is -0.497 e. The van der Waals surface area contributed by atoms with Crippen LogP contribution in [0, 0.1) is 10.1 Å². The Bertz CT molecular complexity index is 1220. The second-order valence-electron chi connectivity index (χ2n) is 6.54. The molecule has 30 heavy (non-hydrogen) atoms. The second kappa shape index (κ2) is 8.00. The van der Waals surface area contributed by atoms with E-state index in [0.29, 0.717) is 22.3 Å². The summed E-state index contributed by atoms with van der Waals surface area (Å²) in [7, 11) is 1.60. The lowest BCUT2D eigenvalue weighted by Crippen LogP contribution is -2.14. The Morgan fingerprint density at radius 3 is 2.40 bits per heavy atom. The average molecular weight is 403 g/mol. The highest BCUT2D eigenvalue weighted by atomic mass is 16.6. The summed E-state index contributed by atoms with van der Waals surface area (Å²) in [6.45, 7) is 0. The third kappa shape index (κ3) is 4.09. The van der Waals surface area contributed by atoms with Crippen LogP contribution >= 0.6 is 0 Å². The van der Waals surface area contributed by atoms with Crippen molar-refractivity contribution in [1.29, 1.82) is 0 Å². The number of carbonyl (C=O) groups is 1. The number of benzene rings is 3. The summed E-state index contributed by atoms with van der Waals surface area (Å²) in [5, 5.41) is 22.4. The number of carbonyl (C=O) groups excluding carboxylic acids is 1. The van der Waals surface area contributed by atoms with Crippen LogP contribution in [0.4, 0.5) is 11.4 Å². The Hall–Kier alpha value is -4.27. The van der Waals surface area contributed by atoms with E-state index < -0.39 is 4.92 Å². The molecule has 0 saturated heterocycles. The predicted molar refractivity (Wildman–Crippen MR) is 111 cm³/mol. The smallest absolute Gasteiger partial charge is 0.269 e. The Kier molecular flexibility index (Phi) is 5.08. The fraction of sp³-hybridized carbons (Fsp3) is 0.0952. The molecule has 0 bridgehead atoms. The van der Waals surface area contributed by atoms with E-state index in [9.17, 15) is 14.9 Å². The van der Waals surface area contributed by atoms with Crippen LogP contribution in [0.15, 0.2) is 66.7 Å². The maximum absolute atomic E-state index is 12.3. The molecule has 0 aliphatic rings. The highest BCUT2D eigenvalue weighted by molar-refractivity contribution is 5.94. The summed E-state index contributed by atoms with van der Waals surface area (Å²) >= 11 is 0. The normalized spacial score (nSPS) is 10.7. The quantitative estimate of drug-likeness (QED) is 0.389. The van der Waals surface area contributed by atoms with E-state index in [1.165, 1.54) is 16.9 Å². The molecule has 4 rings (SSSR count). The molecule has 3 aromatic carbocycles. The number of fused-ring (bicyclic) bond motifs is 1. The van der Waals surface area contributed by atoms with Crippen LogP contribution in [0.3, 0.4) is 0 Å². The predicted octanol–water partition coefficient (Wildman–Crippen LogP) is 3.52. The molecular weight excluding hydrogens is 386 g/mol. The maximum Gasteiger partial charge on any atom is 0.269 e. The Labute approximate surface area is 171 Å². The first kappa shape index (κ1) is 19.1. The number of methoxy groups -OCH3 is 1. The van der Waals surface area contributed by atoms with Crippen LogP contribution < -0.4 is 10.1 Å². The number of anilines is 1. The van der Waals surface area contributed by atoms with Gasteiger partial charge in [-0.2, -0.15) is 4.80 Å². The van der Waals surface area contributed by atoms with Gasteiger partial charge in [-0.1, -0.05) is 12.1 Å². The third-order valence-corrected chi connectivity index (χ3v) is 4.48. The highest BCUT2D eigenvalue weighted by Crippen LogP contribution is 2.19. The molecule has 0 spiro atoms. The van der Waals surface area contributed by atoms with E-state index in [1.54, 1.807) is 37.4 Å². The van der Waals surface area contributed by atoms with E-state index in [2.05, 4.69) is 15.5 Å². The van der Waals surface area contributed by atoms with E-state index in [1.807, 2.05) is 24.3 Å². The molecule has 4 aromatic rings. The Balaban J connectivity index is 1.47. The number of amides is 1. The van der Waals surface area contributed by atoms with Gasteiger partial charge in [0.05, 0.1) is 24.1 Å². The van der Waals surface area contributed by atoms with Crippen LogP contribution in [-0.2, 0) is 11.2 Å². The van der Waals surface area contributed by atoms with Crippen molar-refractivity contribution in [3.8, 4) is 11.4 Å². The zero-order chi connectivity index (χ0) is 21.1. The molecule has 9 heteroatoms. The molecule has 1 N–H and O–H groups in total. The topological polar surface area (TPSA) is 112 Å². The second-order valence-corrected chi connectivity index (χ2v) is 6.54. The van der Waals surface area contributed by atoms with Gasteiger partial charge in [-0.3, -0.25) is 14.9 Å². The molecule has 0 saturated carbocycles. The monoisotopic (exact) mass is 403 g/mol. The van der Waals surface area contributed by atoms with Gasteiger partial charge in [-0.25, -0.2) is 0 Å². The van der Waals surface area contributed by atoms with E-state index in [-0.39, 0.29) is 18.0 Å². The fourth-order valence-electron chi connectivity index (χ4n) is 2.95. The molecule has 0 fully saturated rings. The van der Waals surface area contributed by atoms with Crippen LogP contribution in [0.1, 0.15) is 5.56 Å². The lowest BCUT2D eigenvalue weighted by Gasteiger charge is -2.05. The number of nitrogens with zero attached hydrogens (tertiary/aromatic N) is 4. The van der Waals surface area contributed by atoms with Crippen molar-refractivity contribution in [2.75, 3.05) is 12.4 Å². The summed E-state index contributed by atoms with van der Waals surface area (Å²) in [5.74, 6) is 0.513. The summed E-state index contributed by atoms with van der Waals surface area (Å²) in [6, 6.07) is 18.5. The summed E-state index contributed by atoms with van der Waals surface area (Å²) < 4.78 is 5.16. The van der Waals surface area contributed by atoms with Gasteiger partial charge in [0, 0.05) is 17.8 Å². The van der Waals surface area contributed by atoms with Crippen LogP contribution in [-0.4, -0.2) is 32.9 Å². The van der Waals surface area contributed by atoms with Crippen LogP contribution in [0.25, 0.3) is 16.7 Å². The van der Waals surface area contributed by atoms with Crippen molar-refractivity contribution < 1.29 is 14.5 Å². The molecule has 1 aromatic heterocycles. The number of hydrogen-bond donors (Lipinski definition) is 1. The molecule has 0 aliphatic carbocycles. The van der Waals surface area contributed by atoms with E-state index in [0.717, 1.165) is 11.4 Å². The van der Waals surface area contributed by atoms with Crippen molar-refractivity contribution in [3.63, 3.8) is 0 Å². The van der Waals surface area contributed by atoms with E-state index in [4.69, 9.17) is 4.74 Å². The van der Waals surface area contributed by atoms with Crippen LogP contribution in [0.2, 0.25) is 0 Å². The standard InChI is InChI=1S/C21H17N5O4/c1-30-18-9-7-16(8-10-18)25-23-19-11-4-15(13-20(19)24-25)22-21(27)12-14-2-5-17(6-3-14)26(28)29/h2-11,13H,12H2,1H3,(H,22,27). The summed E-state index contributed by atoms with van der Waals surface area (Å²) in [5.41, 5.74) is 3.39. The average Bonchev–Trinajstić information content (AvgIpc) is 3.17. The number of hydrogen-bond acceptors (Lipinski definition) is 6. The third-order valence-electron chi connectivity index (χ3n) is 4.48. The number of non-ortho nitro benzene ring substituents is 1. The van der Waals surface area contributed by atoms with Gasteiger partial charge in [0.2, 0.25) is 5.91 Å². The van der Waals surface area contributed by atoms with Gasteiger partial charge in [0.25, 0.3) is 5.69 Å². The zero-order valence-electron chi connectivity index (χ0n) is 16.0. The molecule has 150 valence electrons. The van der Waals surface area contributed by atoms with Gasteiger partial charge < -0.3 is 10.1 Å². The molecule has 1 amide bonds. The first-order chi connectivity index (χ1) is 14.5. The van der Waals surface area contributed by atoms with Gasteiger partial charge in [-0.05, 0) is 48.0 Å². The number of nitrogens with one attached hydrogen (secondary N) is 1. The highest BCUT2D eigenvalue weighted by Gasteiger charge is 2.10. The molecule has 0 aliphatic heterocycles. The van der Waals surface area contributed by atoms with Gasteiger partial charge in [0.15, 0.2) is 0 Å². The maximum atomic E-state index is 12.3. The molecule has 1 heterocycles. The number of aromatic nitrogens is 3. The van der Waals surface area contributed by atoms with Crippen molar-refractivity contribution in [2.24, 2.45) is 0 Å². The van der Waals surface area contributed by atoms with Gasteiger partial charge in [0.1, 0.15) is 16.8 Å². The molecular formula is C21H17N5O4. The number of ether oxygens (including phenoxy) is 1. The molecule has 0 atom stereocenters. The van der Waals surface area contributed by atoms with Crippen molar-refractivity contribution >= 4 is 28.3 Å². The minimum absolute atomic E-state index is 0.00967. The summed E-state index contributed by atoms with van der Waals surface area (Å²) in [6.07, 6.45) is 0.106. The molecule has 0 unspecified atom stereocenters. The first-order valence-electron chi connectivity index (χ1n) is 9.06. The van der Waals surface area contributed by atoms with E-state index >= 15 is 0 Å². The number of nitro groups is 1. The SMILES string of the molecule is COc1ccc(-n2nc3ccc(NC(=O)Cc4ccc([N+](=O)[O-])cc4)cc3n2)cc1. The van der Waals surface area contributed by atoms with Gasteiger partial charge in [-0.15, -0.1) is 10.2 Å². The van der Waals surface area contributed by atoms with Crippen molar-refractivity contribution in [1.82, 2.24) is 15.0 Å².